The molecule has 0 aliphatic rings. The minimum atomic E-state index is -0.530. The van der Waals surface area contributed by atoms with E-state index < -0.39 is 4.92 Å². The third-order valence-electron chi connectivity index (χ3n) is 1.29. The van der Waals surface area contributed by atoms with Gasteiger partial charge >= 0.3 is 5.82 Å². The highest BCUT2D eigenvalue weighted by Gasteiger charge is 2.10. The predicted molar refractivity (Wildman–Crippen MR) is 42.5 cm³/mol. The van der Waals surface area contributed by atoms with Crippen LogP contribution in [0.15, 0.2) is 12.3 Å². The van der Waals surface area contributed by atoms with E-state index in [1.165, 1.54) is 10.7 Å². The summed E-state index contributed by atoms with van der Waals surface area (Å²) in [6, 6.07) is 1.30. The lowest BCUT2D eigenvalue weighted by atomic mass is 10.4. The zero-order chi connectivity index (χ0) is 9.14. The van der Waals surface area contributed by atoms with Crippen molar-refractivity contribution in [1.29, 1.82) is 0 Å². The molecule has 0 radical (unpaired) electrons. The molecule has 1 heterocycles. The van der Waals surface area contributed by atoms with Crippen molar-refractivity contribution in [3.05, 3.63) is 22.4 Å². The summed E-state index contributed by atoms with van der Waals surface area (Å²) in [5.74, 6) is -0.143. The van der Waals surface area contributed by atoms with E-state index in [0.29, 0.717) is 6.54 Å². The van der Waals surface area contributed by atoms with Crippen LogP contribution in [0.25, 0.3) is 0 Å². The molecule has 6 heteroatoms. The van der Waals surface area contributed by atoms with Crippen LogP contribution in [-0.2, 0) is 6.54 Å². The zero-order valence-corrected chi connectivity index (χ0v) is 6.67. The maximum atomic E-state index is 10.2. The molecule has 1 unspecified atom stereocenters. The second-order valence-electron chi connectivity index (χ2n) is 2.63. The molecule has 0 bridgehead atoms. The molecule has 1 rings (SSSR count). The van der Waals surface area contributed by atoms with Gasteiger partial charge in [0.05, 0.1) is 23.9 Å². The third kappa shape index (κ3) is 2.03. The second kappa shape index (κ2) is 3.31. The minimum absolute atomic E-state index is 0.0514. The molecule has 0 saturated heterocycles. The van der Waals surface area contributed by atoms with Gasteiger partial charge in [-0.3, -0.25) is 0 Å². The van der Waals surface area contributed by atoms with E-state index >= 15 is 0 Å². The molecule has 0 aliphatic carbocycles. The van der Waals surface area contributed by atoms with Gasteiger partial charge < -0.3 is 15.8 Å². The Morgan fingerprint density at radius 1 is 1.92 bits per heavy atom. The molecule has 66 valence electrons. The number of hydrogen-bond acceptors (Lipinski definition) is 4. The number of rotatable bonds is 3. The summed E-state index contributed by atoms with van der Waals surface area (Å²) in [4.78, 5) is 9.67. The van der Waals surface area contributed by atoms with Crippen molar-refractivity contribution in [1.82, 2.24) is 9.78 Å². The summed E-state index contributed by atoms with van der Waals surface area (Å²) in [5, 5.41) is 13.9. The van der Waals surface area contributed by atoms with Gasteiger partial charge in [-0.05, 0) is 11.8 Å². The Bertz CT molecular complexity index is 281. The smallest absolute Gasteiger partial charge is 0.358 e. The molecule has 1 aromatic heterocycles. The van der Waals surface area contributed by atoms with Crippen LogP contribution in [0, 0.1) is 10.1 Å². The summed E-state index contributed by atoms with van der Waals surface area (Å²) in [6.07, 6.45) is 1.54. The van der Waals surface area contributed by atoms with Gasteiger partial charge in [0, 0.05) is 6.04 Å². The largest absolute Gasteiger partial charge is 0.389 e. The van der Waals surface area contributed by atoms with E-state index in [-0.39, 0.29) is 11.9 Å². The average molecular weight is 170 g/mol. The number of nitrogens with two attached hydrogens (primary N) is 1. The molecule has 0 fully saturated rings. The van der Waals surface area contributed by atoms with Gasteiger partial charge in [0.1, 0.15) is 0 Å². The van der Waals surface area contributed by atoms with Crippen molar-refractivity contribution in [2.45, 2.75) is 19.5 Å². The number of nitro groups is 1. The quantitative estimate of drug-likeness (QED) is 0.516. The van der Waals surface area contributed by atoms with Gasteiger partial charge in [-0.25, -0.2) is 0 Å². The molecule has 0 aliphatic heterocycles. The van der Waals surface area contributed by atoms with Crippen LogP contribution in [0.2, 0.25) is 0 Å². The standard InChI is InChI=1S/C6H10N4O2/c1-5(7)4-9-3-2-6(8-9)10(11)12/h2-3,5H,4,7H2,1H3. The predicted octanol–water partition coefficient (Wildman–Crippen LogP) is 0.138. The van der Waals surface area contributed by atoms with Crippen LogP contribution in [0.1, 0.15) is 6.92 Å². The van der Waals surface area contributed by atoms with Crippen molar-refractivity contribution in [3.63, 3.8) is 0 Å². The van der Waals surface area contributed by atoms with Crippen LogP contribution < -0.4 is 5.73 Å². The first kappa shape index (κ1) is 8.66. The maximum absolute atomic E-state index is 10.2. The summed E-state index contributed by atoms with van der Waals surface area (Å²) in [5.41, 5.74) is 5.48. The van der Waals surface area contributed by atoms with E-state index in [9.17, 15) is 10.1 Å². The molecule has 0 spiro atoms. The van der Waals surface area contributed by atoms with Crippen LogP contribution in [-0.4, -0.2) is 20.7 Å². The molecule has 6 nitrogen and oxygen atoms in total. The Morgan fingerprint density at radius 3 is 3.00 bits per heavy atom. The van der Waals surface area contributed by atoms with Gasteiger partial charge in [-0.2, -0.15) is 4.68 Å². The van der Waals surface area contributed by atoms with Gasteiger partial charge in [0.2, 0.25) is 0 Å². The summed E-state index contributed by atoms with van der Waals surface area (Å²) >= 11 is 0. The molecule has 12 heavy (non-hydrogen) atoms. The molecule has 0 amide bonds. The second-order valence-corrected chi connectivity index (χ2v) is 2.63. The molecule has 0 saturated carbocycles. The lowest BCUT2D eigenvalue weighted by Gasteiger charge is -1.99. The fourth-order valence-corrected chi connectivity index (χ4v) is 0.845. The maximum Gasteiger partial charge on any atom is 0.389 e. The molecule has 1 aromatic rings. The van der Waals surface area contributed by atoms with Crippen molar-refractivity contribution in [2.75, 3.05) is 0 Å². The van der Waals surface area contributed by atoms with E-state index in [1.807, 2.05) is 6.92 Å². The Balaban J connectivity index is 2.71. The van der Waals surface area contributed by atoms with Gasteiger partial charge in [0.15, 0.2) is 0 Å². The first-order valence-corrected chi connectivity index (χ1v) is 3.53. The van der Waals surface area contributed by atoms with E-state index in [1.54, 1.807) is 6.20 Å². The van der Waals surface area contributed by atoms with E-state index in [0.717, 1.165) is 0 Å². The summed E-state index contributed by atoms with van der Waals surface area (Å²) < 4.78 is 1.46. The molecule has 1 atom stereocenters. The fourth-order valence-electron chi connectivity index (χ4n) is 0.845. The monoisotopic (exact) mass is 170 g/mol. The summed E-state index contributed by atoms with van der Waals surface area (Å²) in [6.45, 7) is 2.31. The first-order chi connectivity index (χ1) is 5.59. The SMILES string of the molecule is CC(N)Cn1ccc([N+](=O)[O-])n1. The minimum Gasteiger partial charge on any atom is -0.358 e. The van der Waals surface area contributed by atoms with Crippen LogP contribution in [0.3, 0.4) is 0 Å². The van der Waals surface area contributed by atoms with Gasteiger partial charge in [0.25, 0.3) is 0 Å². The number of hydrogen-bond donors (Lipinski definition) is 1. The Labute approximate surface area is 69.1 Å². The third-order valence-corrected chi connectivity index (χ3v) is 1.29. The van der Waals surface area contributed by atoms with Crippen LogP contribution >= 0.6 is 0 Å². The van der Waals surface area contributed by atoms with Crippen molar-refractivity contribution in [3.8, 4) is 0 Å². The summed E-state index contributed by atoms with van der Waals surface area (Å²) in [7, 11) is 0. The topological polar surface area (TPSA) is 87.0 Å². The molecule has 0 aromatic carbocycles. The Kier molecular flexibility index (Phi) is 2.39. The molecule has 2 N–H and O–H groups in total. The zero-order valence-electron chi connectivity index (χ0n) is 6.67. The average Bonchev–Trinajstić information content (AvgIpc) is 2.34. The number of nitrogens with zero attached hydrogens (tertiary/aromatic N) is 3. The highest BCUT2D eigenvalue weighted by atomic mass is 16.6. The van der Waals surface area contributed by atoms with Crippen molar-refractivity contribution in [2.24, 2.45) is 5.73 Å². The van der Waals surface area contributed by atoms with Gasteiger partial charge in [-0.15, -0.1) is 0 Å². The lowest BCUT2D eigenvalue weighted by molar-refractivity contribution is -0.389. The first-order valence-electron chi connectivity index (χ1n) is 3.53. The fraction of sp³-hybridized carbons (Fsp3) is 0.500. The normalized spacial score (nSPS) is 12.8. The molecular formula is C6H10N4O2. The highest BCUT2D eigenvalue weighted by Crippen LogP contribution is 2.04. The van der Waals surface area contributed by atoms with E-state index in [4.69, 9.17) is 5.73 Å². The van der Waals surface area contributed by atoms with Crippen molar-refractivity contribution < 1.29 is 4.92 Å². The highest BCUT2D eigenvalue weighted by molar-refractivity contribution is 5.13. The van der Waals surface area contributed by atoms with Crippen LogP contribution in [0.4, 0.5) is 5.82 Å². The van der Waals surface area contributed by atoms with Crippen LogP contribution in [0.5, 0.6) is 0 Å². The lowest BCUT2D eigenvalue weighted by Crippen LogP contribution is -2.22. The Morgan fingerprint density at radius 2 is 2.58 bits per heavy atom. The number of aromatic nitrogens is 2. The van der Waals surface area contributed by atoms with Crippen molar-refractivity contribution >= 4 is 5.82 Å². The van der Waals surface area contributed by atoms with Gasteiger partial charge in [-0.1, -0.05) is 0 Å². The molecular weight excluding hydrogens is 160 g/mol. The van der Waals surface area contributed by atoms with E-state index in [2.05, 4.69) is 5.10 Å². The Hall–Kier alpha value is -1.43.